The van der Waals surface area contributed by atoms with Crippen molar-refractivity contribution in [1.82, 2.24) is 0 Å². The first-order valence-corrected chi connectivity index (χ1v) is 7.84. The van der Waals surface area contributed by atoms with Gasteiger partial charge in [0.2, 0.25) is 0 Å². The van der Waals surface area contributed by atoms with Crippen LogP contribution in [0.25, 0.3) is 0 Å². The number of para-hydroxylation sites is 1. The van der Waals surface area contributed by atoms with E-state index in [1.807, 2.05) is 0 Å². The van der Waals surface area contributed by atoms with Gasteiger partial charge in [0.1, 0.15) is 5.75 Å². The summed E-state index contributed by atoms with van der Waals surface area (Å²) in [6.07, 6.45) is -4.88. The van der Waals surface area contributed by atoms with Gasteiger partial charge in [-0.3, -0.25) is 9.52 Å². The number of anilines is 1. The third kappa shape index (κ3) is 4.38. The predicted molar refractivity (Wildman–Crippen MR) is 78.9 cm³/mol. The summed E-state index contributed by atoms with van der Waals surface area (Å²) < 4.78 is 66.6. The summed E-state index contributed by atoms with van der Waals surface area (Å²) in [5.41, 5.74) is 5.07. The number of alkyl halides is 3. The van der Waals surface area contributed by atoms with Crippen molar-refractivity contribution in [2.45, 2.75) is 11.3 Å². The predicted octanol–water partition coefficient (Wildman–Crippen LogP) is 2.48. The molecule has 10 heteroatoms. The Morgan fingerprint density at radius 1 is 1.04 bits per heavy atom. The Hall–Kier alpha value is -2.75. The highest BCUT2D eigenvalue weighted by Gasteiger charge is 2.31. The minimum Gasteiger partial charge on any atom is -0.406 e. The second kappa shape index (κ2) is 6.40. The summed E-state index contributed by atoms with van der Waals surface area (Å²) in [6.45, 7) is 0. The van der Waals surface area contributed by atoms with Gasteiger partial charge in [-0.2, -0.15) is 0 Å². The fourth-order valence-electron chi connectivity index (χ4n) is 1.81. The minimum absolute atomic E-state index is 0.0411. The maximum absolute atomic E-state index is 12.2. The number of sulfonamides is 1. The van der Waals surface area contributed by atoms with E-state index in [-0.39, 0.29) is 16.1 Å². The molecule has 0 radical (unpaired) electrons. The molecule has 0 spiro atoms. The van der Waals surface area contributed by atoms with Crippen LogP contribution in [0, 0.1) is 0 Å². The molecule has 0 aliphatic carbocycles. The summed E-state index contributed by atoms with van der Waals surface area (Å²) in [4.78, 5) is 11.0. The van der Waals surface area contributed by atoms with Gasteiger partial charge < -0.3 is 10.5 Å². The highest BCUT2D eigenvalue weighted by atomic mass is 32.2. The van der Waals surface area contributed by atoms with Crippen LogP contribution < -0.4 is 15.2 Å². The molecule has 6 nitrogen and oxygen atoms in total. The summed E-state index contributed by atoms with van der Waals surface area (Å²) in [5.74, 6) is -1.39. The maximum atomic E-state index is 12.2. The van der Waals surface area contributed by atoms with Crippen LogP contribution in [0.5, 0.6) is 5.75 Å². The Balaban J connectivity index is 2.27. The van der Waals surface area contributed by atoms with E-state index < -0.39 is 28.0 Å². The van der Waals surface area contributed by atoms with Gasteiger partial charge in [-0.05, 0) is 36.4 Å². The molecule has 0 saturated carbocycles. The van der Waals surface area contributed by atoms with Gasteiger partial charge in [-0.15, -0.1) is 13.2 Å². The van der Waals surface area contributed by atoms with Crippen LogP contribution in [-0.2, 0) is 10.0 Å². The second-order valence-electron chi connectivity index (χ2n) is 4.53. The normalized spacial score (nSPS) is 11.8. The van der Waals surface area contributed by atoms with Gasteiger partial charge in [0.05, 0.1) is 16.1 Å². The van der Waals surface area contributed by atoms with Gasteiger partial charge in [0.15, 0.2) is 0 Å². The number of primary amides is 1. The maximum Gasteiger partial charge on any atom is 0.573 e. The number of rotatable bonds is 5. The van der Waals surface area contributed by atoms with Gasteiger partial charge in [-0.25, -0.2) is 8.42 Å². The lowest BCUT2D eigenvalue weighted by molar-refractivity contribution is -0.274. The highest BCUT2D eigenvalue weighted by molar-refractivity contribution is 7.92. The van der Waals surface area contributed by atoms with E-state index in [1.54, 1.807) is 0 Å². The quantitative estimate of drug-likeness (QED) is 0.856. The first-order chi connectivity index (χ1) is 11.1. The lowest BCUT2D eigenvalue weighted by Crippen LogP contribution is -2.19. The van der Waals surface area contributed by atoms with Crippen molar-refractivity contribution in [1.29, 1.82) is 0 Å². The van der Waals surface area contributed by atoms with Gasteiger partial charge in [0, 0.05) is 0 Å². The fraction of sp³-hybridized carbons (Fsp3) is 0.0714. The molecular weight excluding hydrogens is 349 g/mol. The molecule has 24 heavy (non-hydrogen) atoms. The Morgan fingerprint density at radius 2 is 1.62 bits per heavy atom. The number of halogens is 3. The average Bonchev–Trinajstić information content (AvgIpc) is 2.46. The van der Waals surface area contributed by atoms with E-state index in [1.165, 1.54) is 24.3 Å². The number of nitrogens with one attached hydrogen (secondary N) is 1. The monoisotopic (exact) mass is 360 g/mol. The molecule has 0 unspecified atom stereocenters. The van der Waals surface area contributed by atoms with Gasteiger partial charge >= 0.3 is 6.36 Å². The summed E-state index contributed by atoms with van der Waals surface area (Å²) in [7, 11) is -4.12. The molecule has 0 heterocycles. The molecule has 0 aliphatic heterocycles. The number of carbonyl (C=O) groups excluding carboxylic acids is 1. The number of hydrogen-bond donors (Lipinski definition) is 2. The molecule has 0 aromatic heterocycles. The summed E-state index contributed by atoms with van der Waals surface area (Å²) in [6, 6.07) is 9.27. The Morgan fingerprint density at radius 3 is 2.17 bits per heavy atom. The van der Waals surface area contributed by atoms with E-state index in [9.17, 15) is 26.4 Å². The second-order valence-corrected chi connectivity index (χ2v) is 6.22. The van der Waals surface area contributed by atoms with Crippen LogP contribution in [0.3, 0.4) is 0 Å². The molecular formula is C14H11F3N2O4S. The molecule has 0 bridgehead atoms. The number of hydrogen-bond acceptors (Lipinski definition) is 4. The first kappa shape index (κ1) is 17.6. The molecule has 2 aromatic rings. The van der Waals surface area contributed by atoms with E-state index >= 15 is 0 Å². The summed E-state index contributed by atoms with van der Waals surface area (Å²) in [5, 5.41) is 0. The van der Waals surface area contributed by atoms with Crippen LogP contribution in [0.15, 0.2) is 53.4 Å². The minimum atomic E-state index is -4.88. The van der Waals surface area contributed by atoms with E-state index in [0.717, 1.165) is 24.3 Å². The van der Waals surface area contributed by atoms with E-state index in [0.29, 0.717) is 0 Å². The van der Waals surface area contributed by atoms with Crippen LogP contribution >= 0.6 is 0 Å². The van der Waals surface area contributed by atoms with Crippen molar-refractivity contribution in [2.24, 2.45) is 5.73 Å². The number of ether oxygens (including phenoxy) is 1. The molecule has 0 saturated heterocycles. The van der Waals surface area contributed by atoms with Crippen molar-refractivity contribution in [3.8, 4) is 5.75 Å². The van der Waals surface area contributed by atoms with Gasteiger partial charge in [0.25, 0.3) is 15.9 Å². The molecule has 128 valence electrons. The molecule has 1 amide bonds. The van der Waals surface area contributed by atoms with Crippen molar-refractivity contribution < 1.29 is 31.1 Å². The number of benzene rings is 2. The van der Waals surface area contributed by atoms with Crippen LogP contribution in [-0.4, -0.2) is 20.7 Å². The van der Waals surface area contributed by atoms with Crippen molar-refractivity contribution in [3.05, 3.63) is 54.1 Å². The number of nitrogens with two attached hydrogens (primary N) is 1. The van der Waals surface area contributed by atoms with Crippen LogP contribution in [0.2, 0.25) is 0 Å². The lowest BCUT2D eigenvalue weighted by atomic mass is 10.2. The molecule has 0 fully saturated rings. The average molecular weight is 360 g/mol. The topological polar surface area (TPSA) is 98.5 Å². The third-order valence-electron chi connectivity index (χ3n) is 2.80. The van der Waals surface area contributed by atoms with Crippen molar-refractivity contribution in [2.75, 3.05) is 4.72 Å². The largest absolute Gasteiger partial charge is 0.573 e. The zero-order valence-electron chi connectivity index (χ0n) is 11.9. The zero-order valence-corrected chi connectivity index (χ0v) is 12.7. The van der Waals surface area contributed by atoms with Gasteiger partial charge in [-0.1, -0.05) is 12.1 Å². The highest BCUT2D eigenvalue weighted by Crippen LogP contribution is 2.25. The molecule has 2 rings (SSSR count). The van der Waals surface area contributed by atoms with Crippen molar-refractivity contribution in [3.63, 3.8) is 0 Å². The molecule has 0 atom stereocenters. The van der Waals surface area contributed by atoms with Crippen molar-refractivity contribution >= 4 is 21.6 Å². The number of carbonyl (C=O) groups is 1. The SMILES string of the molecule is NC(=O)c1ccccc1NS(=O)(=O)c1ccc(OC(F)(F)F)cc1. The Labute approximate surface area is 135 Å². The lowest BCUT2D eigenvalue weighted by Gasteiger charge is -2.12. The molecule has 0 aliphatic rings. The third-order valence-corrected chi connectivity index (χ3v) is 4.19. The standard InChI is InChI=1S/C14H11F3N2O4S/c15-14(16,17)23-9-5-7-10(8-6-9)24(21,22)19-12-4-2-1-3-11(12)13(18)20/h1-8,19H,(H2,18,20). The van der Waals surface area contributed by atoms with Crippen LogP contribution in [0.4, 0.5) is 18.9 Å². The van der Waals surface area contributed by atoms with E-state index in [4.69, 9.17) is 5.73 Å². The van der Waals surface area contributed by atoms with E-state index in [2.05, 4.69) is 9.46 Å². The molecule has 3 N–H and O–H groups in total. The van der Waals surface area contributed by atoms with Crippen LogP contribution in [0.1, 0.15) is 10.4 Å². The first-order valence-electron chi connectivity index (χ1n) is 6.36. The zero-order chi connectivity index (χ0) is 18.0. The Kier molecular flexibility index (Phi) is 4.69. The fourth-order valence-corrected chi connectivity index (χ4v) is 2.89. The number of amides is 1. The summed E-state index contributed by atoms with van der Waals surface area (Å²) >= 11 is 0. The smallest absolute Gasteiger partial charge is 0.406 e. The Bertz CT molecular complexity index is 849. The molecule has 2 aromatic carbocycles.